The van der Waals surface area contributed by atoms with Crippen molar-refractivity contribution in [3.05, 3.63) is 23.3 Å². The molecule has 140 valence electrons. The van der Waals surface area contributed by atoms with E-state index in [4.69, 9.17) is 4.74 Å². The van der Waals surface area contributed by atoms with Gasteiger partial charge in [0.25, 0.3) is 0 Å². The standard InChI is InChI=1S/C20H30O5/c1-13-16(23)10-20(12-22)15(11-21)4-3-5-17(20)19(13,2)8-6-14-7-9-25-18(14)24/h4,7,13,16-17,21-23H,3,5-6,8-12H2,1-2H3/t13-,16+,17-,19+,20-/m1/s1. The largest absolute Gasteiger partial charge is 0.458 e. The van der Waals surface area contributed by atoms with E-state index in [1.165, 1.54) is 0 Å². The third-order valence-electron chi connectivity index (χ3n) is 7.33. The summed E-state index contributed by atoms with van der Waals surface area (Å²) in [7, 11) is 0. The molecule has 0 aromatic heterocycles. The number of cyclic esters (lactones) is 1. The lowest BCUT2D eigenvalue weighted by molar-refractivity contribution is -0.141. The third kappa shape index (κ3) is 2.86. The molecule has 1 heterocycles. The number of fused-ring (bicyclic) bond motifs is 1. The van der Waals surface area contributed by atoms with E-state index in [-0.39, 0.29) is 36.4 Å². The Bertz CT molecular complexity index is 595. The number of carbonyl (C=O) groups is 1. The highest BCUT2D eigenvalue weighted by Gasteiger charge is 2.58. The first-order valence-electron chi connectivity index (χ1n) is 9.34. The van der Waals surface area contributed by atoms with E-state index in [0.29, 0.717) is 19.4 Å². The lowest BCUT2D eigenvalue weighted by atomic mass is 9.45. The zero-order valence-electron chi connectivity index (χ0n) is 15.2. The molecule has 3 N–H and O–H groups in total. The van der Waals surface area contributed by atoms with Crippen LogP contribution >= 0.6 is 0 Å². The second kappa shape index (κ2) is 6.86. The van der Waals surface area contributed by atoms with Crippen LogP contribution < -0.4 is 0 Å². The third-order valence-corrected chi connectivity index (χ3v) is 7.33. The Balaban J connectivity index is 1.92. The summed E-state index contributed by atoms with van der Waals surface area (Å²) >= 11 is 0. The van der Waals surface area contributed by atoms with E-state index in [1.54, 1.807) is 0 Å². The van der Waals surface area contributed by atoms with Gasteiger partial charge in [-0.25, -0.2) is 4.79 Å². The summed E-state index contributed by atoms with van der Waals surface area (Å²) in [6, 6.07) is 0. The second-order valence-corrected chi connectivity index (χ2v) is 8.23. The number of carbonyl (C=O) groups excluding carboxylic acids is 1. The van der Waals surface area contributed by atoms with Gasteiger partial charge in [0.05, 0.1) is 19.3 Å². The van der Waals surface area contributed by atoms with Gasteiger partial charge in [0, 0.05) is 11.0 Å². The Labute approximate surface area is 149 Å². The van der Waals surface area contributed by atoms with Crippen LogP contribution in [0.15, 0.2) is 23.3 Å². The maximum atomic E-state index is 11.8. The molecule has 0 unspecified atom stereocenters. The average molecular weight is 350 g/mol. The Morgan fingerprint density at radius 2 is 2.08 bits per heavy atom. The minimum absolute atomic E-state index is 0.0613. The van der Waals surface area contributed by atoms with Gasteiger partial charge in [0.2, 0.25) is 0 Å². The molecule has 5 nitrogen and oxygen atoms in total. The molecular weight excluding hydrogens is 320 g/mol. The minimum Gasteiger partial charge on any atom is -0.458 e. The molecule has 25 heavy (non-hydrogen) atoms. The van der Waals surface area contributed by atoms with Crippen molar-refractivity contribution in [1.82, 2.24) is 0 Å². The van der Waals surface area contributed by atoms with Crippen molar-refractivity contribution in [1.29, 1.82) is 0 Å². The maximum absolute atomic E-state index is 11.8. The van der Waals surface area contributed by atoms with E-state index in [1.807, 2.05) is 12.2 Å². The summed E-state index contributed by atoms with van der Waals surface area (Å²) in [5.41, 5.74) is 0.802. The fourth-order valence-electron chi connectivity index (χ4n) is 5.57. The number of hydrogen-bond donors (Lipinski definition) is 3. The Morgan fingerprint density at radius 1 is 1.32 bits per heavy atom. The first kappa shape index (κ1) is 18.6. The maximum Gasteiger partial charge on any atom is 0.334 e. The van der Waals surface area contributed by atoms with Crippen LogP contribution in [0.5, 0.6) is 0 Å². The van der Waals surface area contributed by atoms with Crippen molar-refractivity contribution in [3.8, 4) is 0 Å². The van der Waals surface area contributed by atoms with E-state index >= 15 is 0 Å². The van der Waals surface area contributed by atoms with E-state index in [0.717, 1.165) is 30.4 Å². The van der Waals surface area contributed by atoms with Crippen molar-refractivity contribution in [3.63, 3.8) is 0 Å². The molecule has 0 spiro atoms. The fourth-order valence-corrected chi connectivity index (χ4v) is 5.57. The number of rotatable bonds is 5. The minimum atomic E-state index is -0.557. The van der Waals surface area contributed by atoms with Gasteiger partial charge in [-0.2, -0.15) is 0 Å². The number of aliphatic hydroxyl groups excluding tert-OH is 3. The molecule has 3 rings (SSSR count). The Kier molecular flexibility index (Phi) is 5.11. The molecule has 0 saturated heterocycles. The fraction of sp³-hybridized carbons (Fsp3) is 0.750. The SMILES string of the molecule is C[C@@H]1[C@@H](O)C[C@@]2(CO)C(CO)=CCC[C@@H]2[C@@]1(C)CCC1=CCOC1=O. The molecule has 1 fully saturated rings. The summed E-state index contributed by atoms with van der Waals surface area (Å²) in [6.45, 7) is 4.46. The van der Waals surface area contributed by atoms with Crippen molar-refractivity contribution >= 4 is 5.97 Å². The Morgan fingerprint density at radius 3 is 2.68 bits per heavy atom. The van der Waals surface area contributed by atoms with Crippen LogP contribution in [0.1, 0.15) is 46.0 Å². The van der Waals surface area contributed by atoms with Crippen LogP contribution in [0.2, 0.25) is 0 Å². The number of ether oxygens (including phenoxy) is 1. The number of hydrogen-bond acceptors (Lipinski definition) is 5. The first-order valence-corrected chi connectivity index (χ1v) is 9.34. The van der Waals surface area contributed by atoms with Gasteiger partial charge in [-0.05, 0) is 61.0 Å². The molecule has 0 amide bonds. The molecule has 2 aliphatic carbocycles. The van der Waals surface area contributed by atoms with Crippen LogP contribution in [-0.2, 0) is 9.53 Å². The van der Waals surface area contributed by atoms with Gasteiger partial charge in [0.15, 0.2) is 0 Å². The predicted molar refractivity (Wildman–Crippen MR) is 93.6 cm³/mol. The van der Waals surface area contributed by atoms with E-state index in [2.05, 4.69) is 13.8 Å². The van der Waals surface area contributed by atoms with Gasteiger partial charge in [-0.1, -0.05) is 19.9 Å². The average Bonchev–Trinajstić information content (AvgIpc) is 3.02. The second-order valence-electron chi connectivity index (χ2n) is 8.23. The van der Waals surface area contributed by atoms with Gasteiger partial charge in [-0.3, -0.25) is 0 Å². The molecular formula is C20H30O5. The topological polar surface area (TPSA) is 87.0 Å². The zero-order valence-corrected chi connectivity index (χ0v) is 15.2. The van der Waals surface area contributed by atoms with Gasteiger partial charge >= 0.3 is 5.97 Å². The first-order chi connectivity index (χ1) is 11.9. The van der Waals surface area contributed by atoms with Gasteiger partial charge in [-0.15, -0.1) is 0 Å². The smallest absolute Gasteiger partial charge is 0.334 e. The van der Waals surface area contributed by atoms with E-state index in [9.17, 15) is 20.1 Å². The van der Waals surface area contributed by atoms with Gasteiger partial charge in [0.1, 0.15) is 6.61 Å². The molecule has 1 aliphatic heterocycles. The number of allylic oxidation sites excluding steroid dienone is 1. The summed E-state index contributed by atoms with van der Waals surface area (Å²) in [6.07, 6.45) is 7.03. The Hall–Kier alpha value is -1.17. The van der Waals surface area contributed by atoms with E-state index < -0.39 is 11.5 Å². The highest BCUT2D eigenvalue weighted by atomic mass is 16.5. The zero-order chi connectivity index (χ0) is 18.2. The van der Waals surface area contributed by atoms with Crippen LogP contribution in [0.4, 0.5) is 0 Å². The molecule has 3 aliphatic rings. The van der Waals surface area contributed by atoms with Crippen LogP contribution in [0.25, 0.3) is 0 Å². The van der Waals surface area contributed by atoms with Crippen LogP contribution in [0, 0.1) is 22.7 Å². The number of aliphatic hydroxyl groups is 3. The molecule has 0 aromatic carbocycles. The van der Waals surface area contributed by atoms with Crippen LogP contribution in [-0.4, -0.2) is 47.2 Å². The highest BCUT2D eigenvalue weighted by molar-refractivity contribution is 5.90. The summed E-state index contributed by atoms with van der Waals surface area (Å²) in [4.78, 5) is 11.8. The monoisotopic (exact) mass is 350 g/mol. The normalized spacial score (nSPS) is 41.0. The molecule has 5 atom stereocenters. The lowest BCUT2D eigenvalue weighted by Crippen LogP contribution is -2.58. The summed E-state index contributed by atoms with van der Waals surface area (Å²) in [5, 5.41) is 30.9. The quantitative estimate of drug-likeness (QED) is 0.521. The summed E-state index contributed by atoms with van der Waals surface area (Å²) < 4.78 is 5.01. The molecule has 1 saturated carbocycles. The molecule has 0 bridgehead atoms. The van der Waals surface area contributed by atoms with Crippen LogP contribution in [0.3, 0.4) is 0 Å². The van der Waals surface area contributed by atoms with Crippen molar-refractivity contribution in [2.45, 2.75) is 52.1 Å². The molecule has 0 radical (unpaired) electrons. The highest BCUT2D eigenvalue weighted by Crippen LogP contribution is 2.62. The molecule has 0 aromatic rings. The van der Waals surface area contributed by atoms with Crippen molar-refractivity contribution in [2.75, 3.05) is 19.8 Å². The summed E-state index contributed by atoms with van der Waals surface area (Å²) in [5.74, 6) is 0.00225. The molecule has 5 heteroatoms. The predicted octanol–water partition coefficient (Wildman–Crippen LogP) is 1.96. The lowest BCUT2D eigenvalue weighted by Gasteiger charge is -2.60. The van der Waals surface area contributed by atoms with Gasteiger partial charge < -0.3 is 20.1 Å². The van der Waals surface area contributed by atoms with Crippen molar-refractivity contribution in [2.24, 2.45) is 22.7 Å². The van der Waals surface area contributed by atoms with Crippen molar-refractivity contribution < 1.29 is 24.9 Å². The number of esters is 1.